The van der Waals surface area contributed by atoms with Crippen LogP contribution in [0, 0.1) is 5.41 Å². The van der Waals surface area contributed by atoms with Gasteiger partial charge in [0, 0.05) is 20.5 Å². The lowest BCUT2D eigenvalue weighted by atomic mass is 9.92. The maximum atomic E-state index is 5.15. The fourth-order valence-corrected chi connectivity index (χ4v) is 1.04. The van der Waals surface area contributed by atoms with Gasteiger partial charge in [-0.2, -0.15) is 0 Å². The zero-order chi connectivity index (χ0) is 8.36. The van der Waals surface area contributed by atoms with Crippen molar-refractivity contribution in [2.75, 3.05) is 14.1 Å². The van der Waals surface area contributed by atoms with Crippen molar-refractivity contribution in [1.29, 1.82) is 0 Å². The Balaban J connectivity index is 3.81. The van der Waals surface area contributed by atoms with Crippen molar-refractivity contribution in [3.05, 3.63) is 0 Å². The van der Waals surface area contributed by atoms with Crippen LogP contribution in [-0.2, 0) is 0 Å². The van der Waals surface area contributed by atoms with Gasteiger partial charge in [-0.1, -0.05) is 33.0 Å². The molecule has 2 heteroatoms. The molecule has 0 saturated heterocycles. The average Bonchev–Trinajstić information content (AvgIpc) is 1.60. The van der Waals surface area contributed by atoms with Crippen molar-refractivity contribution in [2.24, 2.45) is 5.41 Å². The summed E-state index contributed by atoms with van der Waals surface area (Å²) in [5.74, 6) is 0. The minimum Gasteiger partial charge on any atom is -0.372 e. The van der Waals surface area contributed by atoms with Gasteiger partial charge < -0.3 is 4.90 Å². The molecule has 0 unspecified atom stereocenters. The molecule has 0 fully saturated rings. The first-order valence-electron chi connectivity index (χ1n) is 3.53. The Morgan fingerprint density at radius 3 is 1.80 bits per heavy atom. The smallest absolute Gasteiger partial charge is 0.0779 e. The van der Waals surface area contributed by atoms with Gasteiger partial charge in [0.2, 0.25) is 0 Å². The Morgan fingerprint density at radius 1 is 1.30 bits per heavy atom. The van der Waals surface area contributed by atoms with Crippen LogP contribution >= 0.6 is 12.2 Å². The molecule has 0 aromatic carbocycles. The van der Waals surface area contributed by atoms with Crippen LogP contribution in [0.25, 0.3) is 0 Å². The van der Waals surface area contributed by atoms with E-state index in [0.29, 0.717) is 5.41 Å². The highest BCUT2D eigenvalue weighted by Crippen LogP contribution is 2.19. The summed E-state index contributed by atoms with van der Waals surface area (Å²) < 4.78 is 0. The SMILES string of the molecule is CN(C)C(=S)CC(C)(C)C. The first kappa shape index (κ1) is 9.89. The van der Waals surface area contributed by atoms with Crippen molar-refractivity contribution in [3.8, 4) is 0 Å². The zero-order valence-electron chi connectivity index (χ0n) is 7.56. The highest BCUT2D eigenvalue weighted by molar-refractivity contribution is 7.80. The Bertz CT molecular complexity index is 122. The van der Waals surface area contributed by atoms with Gasteiger partial charge >= 0.3 is 0 Å². The minimum atomic E-state index is 0.321. The van der Waals surface area contributed by atoms with E-state index in [2.05, 4.69) is 20.8 Å². The summed E-state index contributed by atoms with van der Waals surface area (Å²) in [7, 11) is 3.99. The molecular formula is C8H17NS. The molecule has 0 radical (unpaired) electrons. The molecule has 0 amide bonds. The monoisotopic (exact) mass is 159 g/mol. The molecule has 0 aromatic heterocycles. The van der Waals surface area contributed by atoms with E-state index in [4.69, 9.17) is 12.2 Å². The second kappa shape index (κ2) is 3.33. The van der Waals surface area contributed by atoms with E-state index >= 15 is 0 Å². The molecule has 0 rings (SSSR count). The van der Waals surface area contributed by atoms with E-state index in [-0.39, 0.29) is 0 Å². The Hall–Kier alpha value is -0.110. The second-order valence-corrected chi connectivity index (χ2v) is 4.50. The molecule has 0 spiro atoms. The fraction of sp³-hybridized carbons (Fsp3) is 0.875. The average molecular weight is 159 g/mol. The predicted octanol–water partition coefficient (Wildman–Crippen LogP) is 2.31. The molecule has 0 aliphatic rings. The van der Waals surface area contributed by atoms with Crippen molar-refractivity contribution in [1.82, 2.24) is 4.90 Å². The van der Waals surface area contributed by atoms with Crippen LogP contribution in [0.2, 0.25) is 0 Å². The number of nitrogens with zero attached hydrogens (tertiary/aromatic N) is 1. The summed E-state index contributed by atoms with van der Waals surface area (Å²) in [5.41, 5.74) is 0.321. The molecule has 0 bridgehead atoms. The summed E-state index contributed by atoms with van der Waals surface area (Å²) >= 11 is 5.15. The molecule has 0 saturated carbocycles. The highest BCUT2D eigenvalue weighted by atomic mass is 32.1. The lowest BCUT2D eigenvalue weighted by Gasteiger charge is -2.22. The molecule has 1 nitrogen and oxygen atoms in total. The number of hydrogen-bond donors (Lipinski definition) is 0. The summed E-state index contributed by atoms with van der Waals surface area (Å²) in [6, 6.07) is 0. The van der Waals surface area contributed by atoms with Gasteiger partial charge in [0.1, 0.15) is 0 Å². The van der Waals surface area contributed by atoms with Crippen LogP contribution in [0.4, 0.5) is 0 Å². The third-order valence-electron chi connectivity index (χ3n) is 1.18. The summed E-state index contributed by atoms with van der Waals surface area (Å²) in [4.78, 5) is 3.04. The third kappa shape index (κ3) is 4.74. The number of rotatable bonds is 1. The Labute approximate surface area is 69.4 Å². The van der Waals surface area contributed by atoms with E-state index in [0.717, 1.165) is 11.4 Å². The lowest BCUT2D eigenvalue weighted by Crippen LogP contribution is -2.24. The van der Waals surface area contributed by atoms with E-state index in [1.807, 2.05) is 19.0 Å². The van der Waals surface area contributed by atoms with Gasteiger partial charge in [-0.3, -0.25) is 0 Å². The van der Waals surface area contributed by atoms with Crippen LogP contribution in [0.15, 0.2) is 0 Å². The first-order chi connectivity index (χ1) is 4.33. The molecule has 0 aromatic rings. The predicted molar refractivity (Wildman–Crippen MR) is 50.4 cm³/mol. The maximum absolute atomic E-state index is 5.15. The summed E-state index contributed by atoms with van der Waals surface area (Å²) in [6.07, 6.45) is 0.995. The summed E-state index contributed by atoms with van der Waals surface area (Å²) in [5, 5.41) is 0. The number of thiocarbonyl (C=S) groups is 1. The van der Waals surface area contributed by atoms with Crippen LogP contribution < -0.4 is 0 Å². The van der Waals surface area contributed by atoms with Gasteiger partial charge in [0.05, 0.1) is 4.99 Å². The van der Waals surface area contributed by atoms with Crippen LogP contribution in [0.3, 0.4) is 0 Å². The largest absolute Gasteiger partial charge is 0.372 e. The molecule has 0 heterocycles. The Morgan fingerprint density at radius 2 is 1.70 bits per heavy atom. The molecule has 0 atom stereocenters. The normalized spacial score (nSPS) is 11.3. The van der Waals surface area contributed by atoms with Crippen molar-refractivity contribution in [2.45, 2.75) is 27.2 Å². The van der Waals surface area contributed by atoms with Gasteiger partial charge in [-0.25, -0.2) is 0 Å². The van der Waals surface area contributed by atoms with Crippen molar-refractivity contribution < 1.29 is 0 Å². The van der Waals surface area contributed by atoms with Crippen LogP contribution in [0.1, 0.15) is 27.2 Å². The van der Waals surface area contributed by atoms with Gasteiger partial charge in [-0.15, -0.1) is 0 Å². The van der Waals surface area contributed by atoms with E-state index < -0.39 is 0 Å². The van der Waals surface area contributed by atoms with E-state index in [1.54, 1.807) is 0 Å². The maximum Gasteiger partial charge on any atom is 0.0779 e. The topological polar surface area (TPSA) is 3.24 Å². The molecule has 0 aliphatic carbocycles. The second-order valence-electron chi connectivity index (χ2n) is 4.03. The molecular weight excluding hydrogens is 142 g/mol. The van der Waals surface area contributed by atoms with Gasteiger partial charge in [-0.05, 0) is 5.41 Å². The van der Waals surface area contributed by atoms with Crippen LogP contribution in [0.5, 0.6) is 0 Å². The standard InChI is InChI=1S/C8H17NS/c1-8(2,3)6-7(10)9(4)5/h6H2,1-5H3. The molecule has 0 aliphatic heterocycles. The molecule has 10 heavy (non-hydrogen) atoms. The van der Waals surface area contributed by atoms with Gasteiger partial charge in [0.15, 0.2) is 0 Å². The van der Waals surface area contributed by atoms with E-state index in [9.17, 15) is 0 Å². The third-order valence-corrected chi connectivity index (χ3v) is 1.69. The van der Waals surface area contributed by atoms with Crippen molar-refractivity contribution in [3.63, 3.8) is 0 Å². The number of hydrogen-bond acceptors (Lipinski definition) is 1. The fourth-order valence-electron chi connectivity index (χ4n) is 0.612. The zero-order valence-corrected chi connectivity index (χ0v) is 8.38. The van der Waals surface area contributed by atoms with Crippen molar-refractivity contribution >= 4 is 17.2 Å². The minimum absolute atomic E-state index is 0.321. The van der Waals surface area contributed by atoms with Crippen LogP contribution in [-0.4, -0.2) is 24.0 Å². The quantitative estimate of drug-likeness (QED) is 0.540. The first-order valence-corrected chi connectivity index (χ1v) is 3.94. The summed E-state index contributed by atoms with van der Waals surface area (Å²) in [6.45, 7) is 6.59. The Kier molecular flexibility index (Phi) is 3.29. The van der Waals surface area contributed by atoms with Gasteiger partial charge in [0.25, 0.3) is 0 Å². The lowest BCUT2D eigenvalue weighted by molar-refractivity contribution is 0.417. The van der Waals surface area contributed by atoms with E-state index in [1.165, 1.54) is 0 Å². The highest BCUT2D eigenvalue weighted by Gasteiger charge is 2.13. The molecule has 0 N–H and O–H groups in total. The molecule has 60 valence electrons.